The molecule has 0 aromatic heterocycles. The molecule has 2 aromatic rings. The van der Waals surface area contributed by atoms with E-state index in [1.807, 2.05) is 0 Å². The van der Waals surface area contributed by atoms with Crippen LogP contribution in [-0.4, -0.2) is 46.5 Å². The number of nitrogens with zero attached hydrogens (tertiary/aromatic N) is 2. The summed E-state index contributed by atoms with van der Waals surface area (Å²) < 4.78 is 33.7. The van der Waals surface area contributed by atoms with Gasteiger partial charge in [0.15, 0.2) is 5.60 Å². The first-order chi connectivity index (χ1) is 14.9. The van der Waals surface area contributed by atoms with E-state index in [1.165, 1.54) is 12.1 Å². The van der Waals surface area contributed by atoms with Crippen LogP contribution < -0.4 is 0 Å². The Balaban J connectivity index is 1.32. The fourth-order valence-corrected chi connectivity index (χ4v) is 5.23. The number of hydrogen-bond donors (Lipinski definition) is 0. The topological polar surface area (TPSA) is 49.9 Å². The van der Waals surface area contributed by atoms with Crippen molar-refractivity contribution in [1.29, 1.82) is 0 Å². The summed E-state index contributed by atoms with van der Waals surface area (Å²) in [6.45, 7) is 0.741. The van der Waals surface area contributed by atoms with Crippen molar-refractivity contribution >= 4 is 23.4 Å². The molecule has 0 N–H and O–H groups in total. The molecular formula is C23H21ClF2N2O3. The molecule has 0 saturated carbocycles. The molecule has 162 valence electrons. The number of benzene rings is 2. The van der Waals surface area contributed by atoms with Gasteiger partial charge in [-0.2, -0.15) is 0 Å². The van der Waals surface area contributed by atoms with Crippen LogP contribution in [0.1, 0.15) is 47.6 Å². The Hall–Kier alpha value is -2.51. The summed E-state index contributed by atoms with van der Waals surface area (Å²) in [4.78, 5) is 29.6. The van der Waals surface area contributed by atoms with Crippen LogP contribution in [0.15, 0.2) is 42.5 Å². The van der Waals surface area contributed by atoms with E-state index in [0.29, 0.717) is 54.9 Å². The van der Waals surface area contributed by atoms with Crippen molar-refractivity contribution in [2.75, 3.05) is 13.1 Å². The lowest BCUT2D eigenvalue weighted by Gasteiger charge is -2.37. The molecule has 2 amide bonds. The lowest BCUT2D eigenvalue weighted by atomic mass is 9.89. The zero-order chi connectivity index (χ0) is 21.8. The van der Waals surface area contributed by atoms with E-state index in [4.69, 9.17) is 16.3 Å². The van der Waals surface area contributed by atoms with Crippen molar-refractivity contribution < 1.29 is 23.1 Å². The second-order valence-electron chi connectivity index (χ2n) is 8.35. The van der Waals surface area contributed by atoms with Crippen LogP contribution in [0.4, 0.5) is 8.78 Å². The fraction of sp³-hybridized carbons (Fsp3) is 0.391. The minimum atomic E-state index is -0.994. The average molecular weight is 447 g/mol. The molecule has 5 nitrogen and oxygen atoms in total. The maximum atomic E-state index is 13.7. The van der Waals surface area contributed by atoms with Crippen LogP contribution >= 0.6 is 11.6 Å². The highest BCUT2D eigenvalue weighted by atomic mass is 35.5. The Morgan fingerprint density at radius 3 is 2.42 bits per heavy atom. The van der Waals surface area contributed by atoms with Crippen molar-refractivity contribution in [3.63, 3.8) is 0 Å². The fourth-order valence-electron chi connectivity index (χ4n) is 5.02. The number of carbonyl (C=O) groups is 2. The van der Waals surface area contributed by atoms with Gasteiger partial charge in [-0.05, 0) is 42.7 Å². The third-order valence-electron chi connectivity index (χ3n) is 6.55. The number of hydrogen-bond acceptors (Lipinski definition) is 3. The summed E-state index contributed by atoms with van der Waals surface area (Å²) in [6.07, 6.45) is 1.54. The van der Waals surface area contributed by atoms with Crippen LogP contribution in [0.5, 0.6) is 0 Å². The van der Waals surface area contributed by atoms with Crippen LogP contribution in [0.3, 0.4) is 0 Å². The molecule has 3 heterocycles. The zero-order valence-electron chi connectivity index (χ0n) is 16.7. The van der Waals surface area contributed by atoms with E-state index < -0.39 is 29.5 Å². The van der Waals surface area contributed by atoms with Gasteiger partial charge in [0, 0.05) is 32.0 Å². The summed E-state index contributed by atoms with van der Waals surface area (Å²) in [5, 5.41) is 0.395. The third kappa shape index (κ3) is 3.40. The number of rotatable bonds is 2. The number of fused-ring (bicyclic) bond motifs is 1. The molecule has 3 aliphatic rings. The molecule has 2 aromatic carbocycles. The van der Waals surface area contributed by atoms with Gasteiger partial charge in [0.2, 0.25) is 0 Å². The Bertz CT molecular complexity index is 1030. The molecule has 5 rings (SSSR count). The predicted molar refractivity (Wildman–Crippen MR) is 109 cm³/mol. The molecular weight excluding hydrogens is 426 g/mol. The van der Waals surface area contributed by atoms with Gasteiger partial charge >= 0.3 is 0 Å². The second kappa shape index (κ2) is 7.57. The lowest BCUT2D eigenvalue weighted by molar-refractivity contribution is -0.142. The Labute approximate surface area is 183 Å². The molecule has 3 aliphatic heterocycles. The van der Waals surface area contributed by atoms with Crippen molar-refractivity contribution in [1.82, 2.24) is 9.80 Å². The van der Waals surface area contributed by atoms with Gasteiger partial charge in [-0.25, -0.2) is 8.78 Å². The van der Waals surface area contributed by atoms with Crippen LogP contribution in [-0.2, 0) is 9.53 Å². The quantitative estimate of drug-likeness (QED) is 0.690. The summed E-state index contributed by atoms with van der Waals surface area (Å²) in [7, 11) is 0. The van der Waals surface area contributed by atoms with Gasteiger partial charge in [0.25, 0.3) is 11.8 Å². The van der Waals surface area contributed by atoms with E-state index in [-0.39, 0.29) is 11.8 Å². The maximum Gasteiger partial charge on any atom is 0.257 e. The smallest absolute Gasteiger partial charge is 0.257 e. The molecule has 1 spiro atoms. The van der Waals surface area contributed by atoms with Crippen LogP contribution in [0.25, 0.3) is 0 Å². The van der Waals surface area contributed by atoms with Gasteiger partial charge in [0.1, 0.15) is 17.9 Å². The van der Waals surface area contributed by atoms with Gasteiger partial charge in [-0.3, -0.25) is 9.59 Å². The SMILES string of the molecule is O=C(c1ccccc1Cl)N1CCC2(CC1)OC1CC[C@@H](c3cc(F)cc(F)c3)N1C2=O. The van der Waals surface area contributed by atoms with Crippen molar-refractivity contribution in [2.24, 2.45) is 0 Å². The summed E-state index contributed by atoms with van der Waals surface area (Å²) >= 11 is 6.16. The predicted octanol–water partition coefficient (Wildman–Crippen LogP) is 4.31. The number of ether oxygens (including phenoxy) is 1. The molecule has 1 unspecified atom stereocenters. The maximum absolute atomic E-state index is 13.7. The number of amides is 2. The monoisotopic (exact) mass is 446 g/mol. The molecule has 3 fully saturated rings. The van der Waals surface area contributed by atoms with E-state index in [2.05, 4.69) is 0 Å². The van der Waals surface area contributed by atoms with Crippen LogP contribution in [0.2, 0.25) is 5.02 Å². The molecule has 2 atom stereocenters. The highest BCUT2D eigenvalue weighted by Gasteiger charge is 2.58. The highest BCUT2D eigenvalue weighted by molar-refractivity contribution is 6.33. The first-order valence-electron chi connectivity index (χ1n) is 10.4. The highest BCUT2D eigenvalue weighted by Crippen LogP contribution is 2.47. The summed E-state index contributed by atoms with van der Waals surface area (Å²) in [6, 6.07) is 9.86. The lowest BCUT2D eigenvalue weighted by Crippen LogP contribution is -2.51. The standard InChI is InChI=1S/C23H21ClF2N2O3/c24-18-4-2-1-3-17(18)21(29)27-9-7-23(8-10-27)22(30)28-19(5-6-20(28)31-23)14-11-15(25)13-16(26)12-14/h1-4,11-13,19-20H,5-10H2/t19-,20?/m0/s1. The number of carbonyl (C=O) groups excluding carboxylic acids is 2. The van der Waals surface area contributed by atoms with E-state index in [0.717, 1.165) is 6.07 Å². The molecule has 3 saturated heterocycles. The van der Waals surface area contributed by atoms with Crippen LogP contribution in [0, 0.1) is 11.6 Å². The van der Waals surface area contributed by atoms with E-state index in [1.54, 1.807) is 34.1 Å². The Kier molecular flexibility index (Phi) is 4.98. The molecule has 31 heavy (non-hydrogen) atoms. The van der Waals surface area contributed by atoms with Crippen molar-refractivity contribution in [2.45, 2.75) is 43.6 Å². The van der Waals surface area contributed by atoms with Crippen molar-refractivity contribution in [3.05, 3.63) is 70.2 Å². The molecule has 8 heteroatoms. The first kappa shape index (κ1) is 20.4. The number of likely N-dealkylation sites (tertiary alicyclic amines) is 1. The first-order valence-corrected chi connectivity index (χ1v) is 10.8. The van der Waals surface area contributed by atoms with Gasteiger partial charge < -0.3 is 14.5 Å². The van der Waals surface area contributed by atoms with Crippen molar-refractivity contribution in [3.8, 4) is 0 Å². The number of piperidine rings is 1. The second-order valence-corrected chi connectivity index (χ2v) is 8.75. The average Bonchev–Trinajstić information content (AvgIpc) is 3.26. The summed E-state index contributed by atoms with van der Waals surface area (Å²) in [5.74, 6) is -1.65. The normalized spacial score (nSPS) is 24.7. The number of halogens is 3. The summed E-state index contributed by atoms with van der Waals surface area (Å²) in [5.41, 5.74) is -0.111. The Morgan fingerprint density at radius 2 is 1.74 bits per heavy atom. The minimum Gasteiger partial charge on any atom is -0.342 e. The zero-order valence-corrected chi connectivity index (χ0v) is 17.4. The van der Waals surface area contributed by atoms with Gasteiger partial charge in [-0.15, -0.1) is 0 Å². The Morgan fingerprint density at radius 1 is 1.06 bits per heavy atom. The molecule has 0 bridgehead atoms. The molecule has 0 radical (unpaired) electrons. The molecule has 0 aliphatic carbocycles. The van der Waals surface area contributed by atoms with E-state index in [9.17, 15) is 18.4 Å². The largest absolute Gasteiger partial charge is 0.342 e. The minimum absolute atomic E-state index is 0.158. The van der Waals surface area contributed by atoms with E-state index >= 15 is 0 Å². The third-order valence-corrected chi connectivity index (χ3v) is 6.88. The van der Waals surface area contributed by atoms with Gasteiger partial charge in [-0.1, -0.05) is 23.7 Å². The van der Waals surface area contributed by atoms with Gasteiger partial charge in [0.05, 0.1) is 16.6 Å².